The third kappa shape index (κ3) is 2.91. The summed E-state index contributed by atoms with van der Waals surface area (Å²) in [6, 6.07) is 0. The molecule has 2 aromatic heterocycles. The predicted molar refractivity (Wildman–Crippen MR) is 96.2 cm³/mol. The summed E-state index contributed by atoms with van der Waals surface area (Å²) in [5.41, 5.74) is 2.85. The van der Waals surface area contributed by atoms with E-state index in [4.69, 9.17) is 0 Å². The van der Waals surface area contributed by atoms with Gasteiger partial charge in [0.25, 0.3) is 11.5 Å². The summed E-state index contributed by atoms with van der Waals surface area (Å²) in [6.45, 7) is 5.95. The fraction of sp³-hybridized carbons (Fsp3) is 0.526. The van der Waals surface area contributed by atoms with Crippen LogP contribution in [-0.2, 0) is 13.0 Å². The summed E-state index contributed by atoms with van der Waals surface area (Å²) in [4.78, 5) is 39.6. The van der Waals surface area contributed by atoms with Crippen LogP contribution in [0.3, 0.4) is 0 Å². The normalized spacial score (nSPS) is 19.5. The molecule has 4 rings (SSSR count). The highest BCUT2D eigenvalue weighted by Crippen LogP contribution is 2.31. The number of carbonyl (C=O) groups is 1. The number of likely N-dealkylation sites (tertiary alicyclic amines) is 1. The Bertz CT molecular complexity index is 903. The number of rotatable bonds is 2. The zero-order valence-corrected chi connectivity index (χ0v) is 15.2. The number of aromatic nitrogens is 4. The van der Waals surface area contributed by atoms with Crippen molar-refractivity contribution in [3.63, 3.8) is 0 Å². The zero-order valence-electron chi connectivity index (χ0n) is 15.2. The maximum Gasteiger partial charge on any atom is 0.276 e. The van der Waals surface area contributed by atoms with Crippen molar-refractivity contribution in [3.05, 3.63) is 51.2 Å². The molecule has 1 saturated heterocycles. The van der Waals surface area contributed by atoms with E-state index in [0.717, 1.165) is 55.0 Å². The van der Waals surface area contributed by atoms with Crippen LogP contribution in [0.4, 0.5) is 0 Å². The molecule has 2 aliphatic rings. The third-order valence-electron chi connectivity index (χ3n) is 5.42. The third-order valence-corrected chi connectivity index (χ3v) is 5.42. The first-order valence-electron chi connectivity index (χ1n) is 9.22. The van der Waals surface area contributed by atoms with Crippen LogP contribution in [0, 0.1) is 13.8 Å². The van der Waals surface area contributed by atoms with Crippen molar-refractivity contribution in [1.29, 1.82) is 0 Å². The van der Waals surface area contributed by atoms with Crippen molar-refractivity contribution in [3.8, 4) is 0 Å². The molecule has 4 heterocycles. The van der Waals surface area contributed by atoms with Crippen LogP contribution in [0.15, 0.2) is 17.2 Å². The summed E-state index contributed by atoms with van der Waals surface area (Å²) >= 11 is 0. The van der Waals surface area contributed by atoms with Gasteiger partial charge in [-0.3, -0.25) is 14.6 Å². The van der Waals surface area contributed by atoms with Gasteiger partial charge in [-0.05, 0) is 33.1 Å². The summed E-state index contributed by atoms with van der Waals surface area (Å²) in [5.74, 6) is 0.972. The molecule has 0 saturated carbocycles. The van der Waals surface area contributed by atoms with E-state index in [1.807, 2.05) is 18.7 Å². The van der Waals surface area contributed by atoms with Crippen LogP contribution in [0.5, 0.6) is 0 Å². The molecule has 0 radical (unpaired) electrons. The second-order valence-electron chi connectivity index (χ2n) is 7.23. The highest BCUT2D eigenvalue weighted by molar-refractivity contribution is 5.92. The van der Waals surface area contributed by atoms with Gasteiger partial charge < -0.3 is 9.47 Å². The molecule has 136 valence electrons. The smallest absolute Gasteiger partial charge is 0.276 e. The van der Waals surface area contributed by atoms with Crippen molar-refractivity contribution in [1.82, 2.24) is 24.4 Å². The minimum Gasteiger partial charge on any atom is -0.337 e. The number of aryl methyl sites for hydroxylation is 2. The molecule has 7 nitrogen and oxygen atoms in total. The Morgan fingerprint density at radius 1 is 1.15 bits per heavy atom. The molecule has 0 N–H and O–H groups in total. The van der Waals surface area contributed by atoms with Gasteiger partial charge in [0.2, 0.25) is 0 Å². The number of hydrogen-bond acceptors (Lipinski definition) is 5. The first-order valence-corrected chi connectivity index (χ1v) is 9.22. The van der Waals surface area contributed by atoms with Crippen LogP contribution >= 0.6 is 0 Å². The topological polar surface area (TPSA) is 81.0 Å². The van der Waals surface area contributed by atoms with Crippen LogP contribution in [0.2, 0.25) is 0 Å². The van der Waals surface area contributed by atoms with Gasteiger partial charge in [-0.15, -0.1) is 0 Å². The largest absolute Gasteiger partial charge is 0.337 e. The maximum absolute atomic E-state index is 12.8. The van der Waals surface area contributed by atoms with Crippen LogP contribution < -0.4 is 5.56 Å². The maximum atomic E-state index is 12.8. The summed E-state index contributed by atoms with van der Waals surface area (Å²) in [5, 5.41) is 0. The lowest BCUT2D eigenvalue weighted by Gasteiger charge is -2.34. The Balaban J connectivity index is 1.63. The van der Waals surface area contributed by atoms with E-state index in [1.54, 1.807) is 12.4 Å². The van der Waals surface area contributed by atoms with E-state index < -0.39 is 0 Å². The number of nitrogens with zero attached hydrogens (tertiary/aromatic N) is 5. The van der Waals surface area contributed by atoms with Crippen LogP contribution in [-0.4, -0.2) is 43.4 Å². The van der Waals surface area contributed by atoms with Crippen molar-refractivity contribution in [2.75, 3.05) is 13.1 Å². The van der Waals surface area contributed by atoms with Gasteiger partial charge in [0, 0.05) is 49.4 Å². The number of fused-ring (bicyclic) bond motifs is 1. The monoisotopic (exact) mass is 353 g/mol. The SMILES string of the molecule is Cc1cnc(C(=O)N2CCC[C@H](c3c(C)c(=O)nc4n3CCC4)C2)cn1. The highest BCUT2D eigenvalue weighted by atomic mass is 16.2. The van der Waals surface area contributed by atoms with Crippen LogP contribution in [0.25, 0.3) is 0 Å². The van der Waals surface area contributed by atoms with Gasteiger partial charge in [0.15, 0.2) is 0 Å². The lowest BCUT2D eigenvalue weighted by molar-refractivity contribution is 0.0697. The Kier molecular flexibility index (Phi) is 4.30. The second-order valence-corrected chi connectivity index (χ2v) is 7.23. The fourth-order valence-electron chi connectivity index (χ4n) is 4.12. The highest BCUT2D eigenvalue weighted by Gasteiger charge is 2.31. The lowest BCUT2D eigenvalue weighted by Crippen LogP contribution is -2.41. The van der Waals surface area contributed by atoms with Crippen LogP contribution in [0.1, 0.15) is 58.4 Å². The van der Waals surface area contributed by atoms with Crippen molar-refractivity contribution >= 4 is 5.91 Å². The molecule has 0 unspecified atom stereocenters. The molecule has 1 amide bonds. The molecule has 7 heteroatoms. The number of amides is 1. The molecule has 26 heavy (non-hydrogen) atoms. The minimum absolute atomic E-state index is 0.0853. The van der Waals surface area contributed by atoms with Gasteiger partial charge in [-0.1, -0.05) is 0 Å². The lowest BCUT2D eigenvalue weighted by atomic mass is 9.91. The average Bonchev–Trinajstić information content (AvgIpc) is 3.10. The average molecular weight is 353 g/mol. The molecule has 2 aliphatic heterocycles. The van der Waals surface area contributed by atoms with Gasteiger partial charge in [0.1, 0.15) is 11.5 Å². The number of hydrogen-bond donors (Lipinski definition) is 0. The van der Waals surface area contributed by atoms with Gasteiger partial charge >= 0.3 is 0 Å². The molecule has 1 fully saturated rings. The fourth-order valence-corrected chi connectivity index (χ4v) is 4.12. The number of piperidine rings is 1. The van der Waals surface area contributed by atoms with Crippen molar-refractivity contribution < 1.29 is 4.79 Å². The standard InChI is InChI=1S/C19H23N5O2/c1-12-9-21-15(10-20-12)19(26)23-7-3-5-14(11-23)17-13(2)18(25)22-16-6-4-8-24(16)17/h9-10,14H,3-8,11H2,1-2H3/t14-/m0/s1. The molecule has 0 spiro atoms. The van der Waals surface area contributed by atoms with E-state index in [9.17, 15) is 9.59 Å². The van der Waals surface area contributed by atoms with Crippen molar-refractivity contribution in [2.45, 2.75) is 52.0 Å². The van der Waals surface area contributed by atoms with E-state index in [1.165, 1.54) is 0 Å². The zero-order chi connectivity index (χ0) is 18.3. The molecule has 0 bridgehead atoms. The van der Waals surface area contributed by atoms with Gasteiger partial charge in [0.05, 0.1) is 11.9 Å². The van der Waals surface area contributed by atoms with E-state index in [0.29, 0.717) is 18.8 Å². The first-order chi connectivity index (χ1) is 12.5. The summed E-state index contributed by atoms with van der Waals surface area (Å²) in [7, 11) is 0. The van der Waals surface area contributed by atoms with E-state index >= 15 is 0 Å². The molecule has 0 aliphatic carbocycles. The van der Waals surface area contributed by atoms with Gasteiger partial charge in [-0.25, -0.2) is 4.98 Å². The molecular weight excluding hydrogens is 330 g/mol. The predicted octanol–water partition coefficient (Wildman–Crippen LogP) is 1.62. The molecule has 0 aromatic carbocycles. The molecular formula is C19H23N5O2. The molecule has 2 aromatic rings. The second kappa shape index (κ2) is 6.63. The van der Waals surface area contributed by atoms with E-state index in [-0.39, 0.29) is 17.4 Å². The Morgan fingerprint density at radius 3 is 2.77 bits per heavy atom. The minimum atomic E-state index is -0.124. The Hall–Kier alpha value is -2.57. The van der Waals surface area contributed by atoms with E-state index in [2.05, 4.69) is 19.5 Å². The quantitative estimate of drug-likeness (QED) is 0.819. The van der Waals surface area contributed by atoms with Gasteiger partial charge in [-0.2, -0.15) is 4.98 Å². The summed E-state index contributed by atoms with van der Waals surface area (Å²) in [6.07, 6.45) is 6.94. The first kappa shape index (κ1) is 16.9. The Labute approximate surface area is 152 Å². The Morgan fingerprint density at radius 2 is 2.00 bits per heavy atom. The van der Waals surface area contributed by atoms with Crippen molar-refractivity contribution in [2.24, 2.45) is 0 Å². The summed E-state index contributed by atoms with van der Waals surface area (Å²) < 4.78 is 2.21. The molecule has 1 atom stereocenters. The number of carbonyl (C=O) groups excluding carboxylic acids is 1.